The molecule has 2 aromatic rings. The number of amides is 2. The number of hydrogen-bond acceptors (Lipinski definition) is 4. The van der Waals surface area contributed by atoms with E-state index in [0.717, 1.165) is 31.2 Å². The number of ether oxygens (including phenoxy) is 2. The van der Waals surface area contributed by atoms with Crippen LogP contribution in [0.2, 0.25) is 10.0 Å². The van der Waals surface area contributed by atoms with Crippen LogP contribution in [0.25, 0.3) is 0 Å². The van der Waals surface area contributed by atoms with E-state index in [0.29, 0.717) is 53.2 Å². The predicted molar refractivity (Wildman–Crippen MR) is 153 cm³/mol. The number of carbonyl (C=O) groups excluding carboxylic acids is 2. The zero-order valence-electron chi connectivity index (χ0n) is 22.7. The smallest absolute Gasteiger partial charge is 0.243 e. The number of halogens is 2. The molecule has 2 amide bonds. The van der Waals surface area contributed by atoms with Gasteiger partial charge in [-0.15, -0.1) is 0 Å². The van der Waals surface area contributed by atoms with E-state index in [1.165, 1.54) is 6.42 Å². The van der Waals surface area contributed by atoms with Gasteiger partial charge in [-0.05, 0) is 69.4 Å². The number of nitrogens with zero attached hydrogens (tertiary/aromatic N) is 1. The molecule has 6 nitrogen and oxygen atoms in total. The molecule has 1 aliphatic rings. The zero-order chi connectivity index (χ0) is 27.5. The van der Waals surface area contributed by atoms with E-state index in [1.54, 1.807) is 23.1 Å². The van der Waals surface area contributed by atoms with Crippen LogP contribution in [0.5, 0.6) is 11.5 Å². The van der Waals surface area contributed by atoms with Crippen molar-refractivity contribution in [3.63, 3.8) is 0 Å². The molecule has 1 aliphatic carbocycles. The van der Waals surface area contributed by atoms with Crippen molar-refractivity contribution in [2.45, 2.75) is 90.8 Å². The van der Waals surface area contributed by atoms with Crippen LogP contribution in [0.4, 0.5) is 0 Å². The molecule has 3 rings (SSSR count). The van der Waals surface area contributed by atoms with Crippen molar-refractivity contribution in [2.75, 3.05) is 13.2 Å². The fourth-order valence-electron chi connectivity index (χ4n) is 4.96. The molecule has 8 heteroatoms. The van der Waals surface area contributed by atoms with E-state index in [1.807, 2.05) is 39.0 Å². The second-order valence-corrected chi connectivity index (χ2v) is 10.5. The van der Waals surface area contributed by atoms with Gasteiger partial charge in [-0.3, -0.25) is 9.59 Å². The third kappa shape index (κ3) is 8.28. The van der Waals surface area contributed by atoms with E-state index < -0.39 is 6.04 Å². The number of carbonyl (C=O) groups is 2. The van der Waals surface area contributed by atoms with Gasteiger partial charge in [-0.2, -0.15) is 0 Å². The third-order valence-corrected chi connectivity index (χ3v) is 7.67. The summed E-state index contributed by atoms with van der Waals surface area (Å²) in [4.78, 5) is 28.8. The maximum Gasteiger partial charge on any atom is 0.243 e. The molecule has 0 aromatic heterocycles. The lowest BCUT2D eigenvalue weighted by Crippen LogP contribution is -2.51. The van der Waals surface area contributed by atoms with Crippen LogP contribution in [0.3, 0.4) is 0 Å². The normalized spacial score (nSPS) is 14.6. The Kier molecular flexibility index (Phi) is 12.1. The maximum atomic E-state index is 13.7. The van der Waals surface area contributed by atoms with Crippen LogP contribution < -0.4 is 14.8 Å². The lowest BCUT2D eigenvalue weighted by atomic mass is 9.95. The van der Waals surface area contributed by atoms with Gasteiger partial charge in [-0.1, -0.05) is 61.5 Å². The van der Waals surface area contributed by atoms with Crippen molar-refractivity contribution < 1.29 is 19.1 Å². The van der Waals surface area contributed by atoms with Gasteiger partial charge in [0.2, 0.25) is 11.8 Å². The minimum atomic E-state index is -0.615. The lowest BCUT2D eigenvalue weighted by Gasteiger charge is -2.33. The first-order valence-corrected chi connectivity index (χ1v) is 14.5. The fraction of sp³-hybridized carbons (Fsp3) is 0.533. The molecule has 1 unspecified atom stereocenters. The Morgan fingerprint density at radius 1 is 0.974 bits per heavy atom. The number of hydrogen-bond donors (Lipinski definition) is 1. The molecule has 38 heavy (non-hydrogen) atoms. The van der Waals surface area contributed by atoms with Crippen LogP contribution >= 0.6 is 23.2 Å². The molecule has 0 spiro atoms. The van der Waals surface area contributed by atoms with Crippen LogP contribution in [0.1, 0.15) is 76.8 Å². The third-order valence-electron chi connectivity index (χ3n) is 6.96. The van der Waals surface area contributed by atoms with Gasteiger partial charge in [0, 0.05) is 34.6 Å². The topological polar surface area (TPSA) is 67.9 Å². The summed E-state index contributed by atoms with van der Waals surface area (Å²) in [6.07, 6.45) is 6.61. The predicted octanol–water partition coefficient (Wildman–Crippen LogP) is 6.98. The molecule has 0 saturated heterocycles. The maximum absolute atomic E-state index is 13.7. The van der Waals surface area contributed by atoms with Crippen molar-refractivity contribution in [3.05, 3.63) is 57.6 Å². The molecule has 2 aromatic carbocycles. The molecule has 0 aliphatic heterocycles. The summed E-state index contributed by atoms with van der Waals surface area (Å²) in [6.45, 7) is 7.01. The average Bonchev–Trinajstić information content (AvgIpc) is 2.91. The molecule has 1 N–H and O–H groups in total. The minimum absolute atomic E-state index is 0.115. The van der Waals surface area contributed by atoms with Gasteiger partial charge in [0.05, 0.1) is 13.2 Å². The summed E-state index contributed by atoms with van der Waals surface area (Å²) in [5, 5.41) is 4.16. The minimum Gasteiger partial charge on any atom is -0.490 e. The van der Waals surface area contributed by atoms with E-state index in [9.17, 15) is 9.59 Å². The zero-order valence-corrected chi connectivity index (χ0v) is 24.2. The van der Waals surface area contributed by atoms with Crippen LogP contribution in [0.15, 0.2) is 36.4 Å². The summed E-state index contributed by atoms with van der Waals surface area (Å²) >= 11 is 12.9. The average molecular weight is 564 g/mol. The molecular weight excluding hydrogens is 523 g/mol. The van der Waals surface area contributed by atoms with E-state index >= 15 is 0 Å². The monoisotopic (exact) mass is 562 g/mol. The summed E-state index contributed by atoms with van der Waals surface area (Å²) in [6, 6.07) is 10.6. The molecule has 1 atom stereocenters. The van der Waals surface area contributed by atoms with Gasteiger partial charge in [0.25, 0.3) is 0 Å². The number of nitrogens with one attached hydrogen (secondary N) is 1. The molecule has 0 radical (unpaired) electrons. The molecule has 208 valence electrons. The molecule has 1 saturated carbocycles. The van der Waals surface area contributed by atoms with E-state index in [2.05, 4.69) is 5.32 Å². The van der Waals surface area contributed by atoms with Crippen LogP contribution in [-0.4, -0.2) is 42.0 Å². The van der Waals surface area contributed by atoms with Gasteiger partial charge in [0.15, 0.2) is 11.5 Å². The van der Waals surface area contributed by atoms with E-state index in [4.69, 9.17) is 32.7 Å². The van der Waals surface area contributed by atoms with Gasteiger partial charge in [0.1, 0.15) is 6.04 Å². The Morgan fingerprint density at radius 2 is 1.63 bits per heavy atom. The summed E-state index contributed by atoms with van der Waals surface area (Å²) in [7, 11) is 0. The summed E-state index contributed by atoms with van der Waals surface area (Å²) in [5.41, 5.74) is 1.61. The highest BCUT2D eigenvalue weighted by Gasteiger charge is 2.31. The Hall–Kier alpha value is -2.44. The summed E-state index contributed by atoms with van der Waals surface area (Å²) < 4.78 is 11.4. The van der Waals surface area contributed by atoms with E-state index in [-0.39, 0.29) is 30.8 Å². The highest BCUT2D eigenvalue weighted by molar-refractivity contribution is 6.36. The number of benzene rings is 2. The van der Waals surface area contributed by atoms with Crippen molar-refractivity contribution >= 4 is 35.0 Å². The molecular formula is C30H40Cl2N2O4. The highest BCUT2D eigenvalue weighted by atomic mass is 35.5. The Labute approximate surface area is 237 Å². The van der Waals surface area contributed by atoms with Crippen molar-refractivity contribution in [1.29, 1.82) is 0 Å². The van der Waals surface area contributed by atoms with Crippen LogP contribution in [-0.2, 0) is 22.6 Å². The van der Waals surface area contributed by atoms with Crippen molar-refractivity contribution in [3.8, 4) is 11.5 Å². The fourth-order valence-corrected chi connectivity index (χ4v) is 5.48. The Balaban J connectivity index is 1.81. The quantitative estimate of drug-likeness (QED) is 0.286. The number of aryl methyl sites for hydroxylation is 1. The lowest BCUT2D eigenvalue weighted by molar-refractivity contribution is -0.141. The first kappa shape index (κ1) is 30.1. The second-order valence-electron chi connectivity index (χ2n) is 9.64. The van der Waals surface area contributed by atoms with Gasteiger partial charge >= 0.3 is 0 Å². The Morgan fingerprint density at radius 3 is 2.26 bits per heavy atom. The largest absolute Gasteiger partial charge is 0.490 e. The summed E-state index contributed by atoms with van der Waals surface area (Å²) in [5.74, 6) is 1.11. The molecule has 0 heterocycles. The van der Waals surface area contributed by atoms with Gasteiger partial charge < -0.3 is 19.7 Å². The highest BCUT2D eigenvalue weighted by Crippen LogP contribution is 2.30. The van der Waals surface area contributed by atoms with Crippen LogP contribution in [0, 0.1) is 0 Å². The standard InChI is InChI=1S/C30H40Cl2N2O4/c1-4-26(30(36)33-22-11-8-7-9-12-22)34(20-23-24(31)13-10-14-25(23)32)29(35)18-16-21-15-17-27(37-5-2)28(19-21)38-6-3/h10,13-15,17,19,22,26H,4-9,11-12,16,18,20H2,1-3H3,(H,33,36). The molecule has 1 fully saturated rings. The van der Waals surface area contributed by atoms with Crippen molar-refractivity contribution in [1.82, 2.24) is 10.2 Å². The first-order valence-electron chi connectivity index (χ1n) is 13.8. The molecule has 0 bridgehead atoms. The Bertz CT molecular complexity index is 1050. The second kappa shape index (κ2) is 15.2. The number of rotatable bonds is 13. The first-order chi connectivity index (χ1) is 18.4. The SMILES string of the molecule is CCOc1ccc(CCC(=O)N(Cc2c(Cl)cccc2Cl)C(CC)C(=O)NC2CCCCC2)cc1OCC. The van der Waals surface area contributed by atoms with Crippen molar-refractivity contribution in [2.24, 2.45) is 0 Å². The van der Waals surface area contributed by atoms with Gasteiger partial charge in [-0.25, -0.2) is 0 Å².